The zero-order valence-corrected chi connectivity index (χ0v) is 12.0. The highest BCUT2D eigenvalue weighted by Gasteiger charge is 2.13. The minimum atomic E-state index is 0.392. The standard InChI is InChI=1S/C16H22N4/c1-13(12-20-9-5-2-6-10-20)18-16-11-17-14-7-3-4-8-15(14)19-16/h3-4,7-8,11,13H,2,5-6,9-10,12H2,1H3,(H,18,19). The fraction of sp³-hybridized carbons (Fsp3) is 0.500. The maximum atomic E-state index is 4.62. The van der Waals surface area contributed by atoms with E-state index in [1.54, 1.807) is 0 Å². The molecular formula is C16H22N4. The lowest BCUT2D eigenvalue weighted by molar-refractivity contribution is 0.223. The van der Waals surface area contributed by atoms with Crippen LogP contribution in [0, 0.1) is 0 Å². The van der Waals surface area contributed by atoms with Crippen molar-refractivity contribution in [2.24, 2.45) is 0 Å². The van der Waals surface area contributed by atoms with Gasteiger partial charge in [0.1, 0.15) is 5.82 Å². The molecule has 1 atom stereocenters. The largest absolute Gasteiger partial charge is 0.365 e. The van der Waals surface area contributed by atoms with Crippen LogP contribution >= 0.6 is 0 Å². The molecule has 1 unspecified atom stereocenters. The number of hydrogen-bond acceptors (Lipinski definition) is 4. The minimum Gasteiger partial charge on any atom is -0.365 e. The molecule has 3 rings (SSSR count). The molecule has 2 aromatic rings. The number of rotatable bonds is 4. The first-order chi connectivity index (χ1) is 9.81. The Morgan fingerprint density at radius 1 is 1.15 bits per heavy atom. The summed E-state index contributed by atoms with van der Waals surface area (Å²) in [6.45, 7) is 5.75. The molecule has 1 aromatic heterocycles. The lowest BCUT2D eigenvalue weighted by Crippen LogP contribution is -2.38. The van der Waals surface area contributed by atoms with E-state index in [9.17, 15) is 0 Å². The van der Waals surface area contributed by atoms with Gasteiger partial charge < -0.3 is 10.2 Å². The van der Waals surface area contributed by atoms with E-state index in [4.69, 9.17) is 0 Å². The maximum Gasteiger partial charge on any atom is 0.145 e. The number of piperidine rings is 1. The zero-order chi connectivity index (χ0) is 13.8. The van der Waals surface area contributed by atoms with Gasteiger partial charge in [0.05, 0.1) is 17.2 Å². The SMILES string of the molecule is CC(CN1CCCCC1)Nc1cnc2ccccc2n1. The number of aromatic nitrogens is 2. The highest BCUT2D eigenvalue weighted by molar-refractivity contribution is 5.75. The van der Waals surface area contributed by atoms with Crippen molar-refractivity contribution in [1.29, 1.82) is 0 Å². The third kappa shape index (κ3) is 3.25. The Kier molecular flexibility index (Phi) is 4.11. The Balaban J connectivity index is 1.62. The van der Waals surface area contributed by atoms with Crippen molar-refractivity contribution >= 4 is 16.9 Å². The molecule has 1 aliphatic rings. The highest BCUT2D eigenvalue weighted by atomic mass is 15.2. The second-order valence-corrected chi connectivity index (χ2v) is 5.65. The summed E-state index contributed by atoms with van der Waals surface area (Å²) < 4.78 is 0. The summed E-state index contributed by atoms with van der Waals surface area (Å²) in [5, 5.41) is 3.47. The number of benzene rings is 1. The van der Waals surface area contributed by atoms with Crippen LogP contribution in [0.25, 0.3) is 11.0 Å². The lowest BCUT2D eigenvalue weighted by atomic mass is 10.1. The molecule has 0 saturated carbocycles. The normalized spacial score (nSPS) is 18.1. The quantitative estimate of drug-likeness (QED) is 0.927. The van der Waals surface area contributed by atoms with Gasteiger partial charge in [0.15, 0.2) is 0 Å². The summed E-state index contributed by atoms with van der Waals surface area (Å²) in [7, 11) is 0. The molecule has 0 radical (unpaired) electrons. The molecular weight excluding hydrogens is 248 g/mol. The Morgan fingerprint density at radius 2 is 1.90 bits per heavy atom. The zero-order valence-electron chi connectivity index (χ0n) is 12.0. The van der Waals surface area contributed by atoms with Gasteiger partial charge in [-0.15, -0.1) is 0 Å². The molecule has 1 aromatic carbocycles. The lowest BCUT2D eigenvalue weighted by Gasteiger charge is -2.29. The number of nitrogens with zero attached hydrogens (tertiary/aromatic N) is 3. The molecule has 4 nitrogen and oxygen atoms in total. The van der Waals surface area contributed by atoms with Crippen LogP contribution in [-0.2, 0) is 0 Å². The van der Waals surface area contributed by atoms with E-state index in [1.807, 2.05) is 30.5 Å². The monoisotopic (exact) mass is 270 g/mol. The van der Waals surface area contributed by atoms with Gasteiger partial charge in [0.25, 0.3) is 0 Å². The molecule has 1 fully saturated rings. The van der Waals surface area contributed by atoms with E-state index in [2.05, 4.69) is 27.1 Å². The van der Waals surface area contributed by atoms with Crippen LogP contribution in [0.2, 0.25) is 0 Å². The van der Waals surface area contributed by atoms with E-state index in [1.165, 1.54) is 32.4 Å². The van der Waals surface area contributed by atoms with Crippen molar-refractivity contribution in [3.05, 3.63) is 30.5 Å². The van der Waals surface area contributed by atoms with E-state index in [0.29, 0.717) is 6.04 Å². The summed E-state index contributed by atoms with van der Waals surface area (Å²) in [5.74, 6) is 0.869. The highest BCUT2D eigenvalue weighted by Crippen LogP contribution is 2.13. The van der Waals surface area contributed by atoms with Crippen molar-refractivity contribution in [2.45, 2.75) is 32.2 Å². The predicted molar refractivity (Wildman–Crippen MR) is 82.9 cm³/mol. The van der Waals surface area contributed by atoms with Crippen molar-refractivity contribution in [2.75, 3.05) is 25.0 Å². The fourth-order valence-corrected chi connectivity index (χ4v) is 2.85. The summed E-state index contributed by atoms with van der Waals surface area (Å²) in [5.41, 5.74) is 1.89. The molecule has 1 saturated heterocycles. The van der Waals surface area contributed by atoms with Gasteiger partial charge in [0.2, 0.25) is 0 Å². The number of para-hydroxylation sites is 2. The van der Waals surface area contributed by atoms with Crippen molar-refractivity contribution < 1.29 is 0 Å². The van der Waals surface area contributed by atoms with Crippen molar-refractivity contribution in [3.8, 4) is 0 Å². The van der Waals surface area contributed by atoms with Gasteiger partial charge in [-0.25, -0.2) is 4.98 Å². The van der Waals surface area contributed by atoms with Gasteiger partial charge in [-0.2, -0.15) is 0 Å². The van der Waals surface area contributed by atoms with Crippen molar-refractivity contribution in [1.82, 2.24) is 14.9 Å². The number of anilines is 1. The Labute approximate surface area is 120 Å². The van der Waals surface area contributed by atoms with Crippen molar-refractivity contribution in [3.63, 3.8) is 0 Å². The third-order valence-corrected chi connectivity index (χ3v) is 3.82. The van der Waals surface area contributed by atoms with E-state index >= 15 is 0 Å². The van der Waals surface area contributed by atoms with Gasteiger partial charge in [0, 0.05) is 12.6 Å². The summed E-state index contributed by atoms with van der Waals surface area (Å²) in [6.07, 6.45) is 5.88. The van der Waals surface area contributed by atoms with E-state index in [-0.39, 0.29) is 0 Å². The number of hydrogen-bond donors (Lipinski definition) is 1. The fourth-order valence-electron chi connectivity index (χ4n) is 2.85. The van der Waals surface area contributed by atoms with Crippen LogP contribution in [0.5, 0.6) is 0 Å². The van der Waals surface area contributed by atoms with Crippen LogP contribution in [-0.4, -0.2) is 40.5 Å². The van der Waals surface area contributed by atoms with Crippen LogP contribution in [0.3, 0.4) is 0 Å². The first-order valence-corrected chi connectivity index (χ1v) is 7.52. The van der Waals surface area contributed by atoms with E-state index in [0.717, 1.165) is 23.4 Å². The molecule has 0 amide bonds. The minimum absolute atomic E-state index is 0.392. The third-order valence-electron chi connectivity index (χ3n) is 3.82. The molecule has 0 aliphatic carbocycles. The van der Waals surface area contributed by atoms with Crippen LogP contribution in [0.1, 0.15) is 26.2 Å². The van der Waals surface area contributed by atoms with Gasteiger partial charge in [-0.1, -0.05) is 18.6 Å². The Morgan fingerprint density at radius 3 is 2.70 bits per heavy atom. The predicted octanol–water partition coefficient (Wildman–Crippen LogP) is 2.92. The average Bonchev–Trinajstić information content (AvgIpc) is 2.48. The number of fused-ring (bicyclic) bond motifs is 1. The van der Waals surface area contributed by atoms with Gasteiger partial charge >= 0.3 is 0 Å². The van der Waals surface area contributed by atoms with E-state index < -0.39 is 0 Å². The molecule has 106 valence electrons. The van der Waals surface area contributed by atoms with Crippen LogP contribution in [0.15, 0.2) is 30.5 Å². The second-order valence-electron chi connectivity index (χ2n) is 5.65. The topological polar surface area (TPSA) is 41.0 Å². The molecule has 0 spiro atoms. The number of likely N-dealkylation sites (tertiary alicyclic amines) is 1. The smallest absolute Gasteiger partial charge is 0.145 e. The second kappa shape index (κ2) is 6.18. The van der Waals surface area contributed by atoms with Crippen LogP contribution < -0.4 is 5.32 Å². The summed E-state index contributed by atoms with van der Waals surface area (Å²) >= 11 is 0. The molecule has 2 heterocycles. The molecule has 20 heavy (non-hydrogen) atoms. The summed E-state index contributed by atoms with van der Waals surface area (Å²) in [4.78, 5) is 11.6. The maximum absolute atomic E-state index is 4.62. The molecule has 1 aliphatic heterocycles. The Hall–Kier alpha value is -1.68. The van der Waals surface area contributed by atoms with Gasteiger partial charge in [-0.05, 0) is 45.0 Å². The first kappa shape index (κ1) is 13.3. The average molecular weight is 270 g/mol. The van der Waals surface area contributed by atoms with Gasteiger partial charge in [-0.3, -0.25) is 4.98 Å². The molecule has 0 bridgehead atoms. The molecule has 4 heteroatoms. The summed E-state index contributed by atoms with van der Waals surface area (Å²) in [6, 6.07) is 8.37. The first-order valence-electron chi connectivity index (χ1n) is 7.52. The van der Waals surface area contributed by atoms with Crippen LogP contribution in [0.4, 0.5) is 5.82 Å². The molecule has 1 N–H and O–H groups in total. The Bertz CT molecular complexity index is 563. The number of nitrogens with one attached hydrogen (secondary N) is 1.